The van der Waals surface area contributed by atoms with Crippen LogP contribution in [0.25, 0.3) is 0 Å². The van der Waals surface area contributed by atoms with Gasteiger partial charge in [0, 0.05) is 5.56 Å². The molecule has 0 spiro atoms. The summed E-state index contributed by atoms with van der Waals surface area (Å²) in [7, 11) is 0. The van der Waals surface area contributed by atoms with Crippen molar-refractivity contribution < 1.29 is 4.39 Å². The molecule has 0 aliphatic carbocycles. The molecular formula is C10H13FN2. The summed E-state index contributed by atoms with van der Waals surface area (Å²) in [4.78, 5) is 0. The van der Waals surface area contributed by atoms with Gasteiger partial charge >= 0.3 is 0 Å². The Hall–Kier alpha value is -1.38. The molecule has 0 fully saturated rings. The van der Waals surface area contributed by atoms with E-state index in [1.54, 1.807) is 6.07 Å². The van der Waals surface area contributed by atoms with Gasteiger partial charge in [-0.15, -0.1) is 0 Å². The van der Waals surface area contributed by atoms with E-state index in [9.17, 15) is 4.39 Å². The molecule has 0 saturated carbocycles. The molecule has 0 bridgehead atoms. The average molecular weight is 180 g/mol. The molecule has 13 heavy (non-hydrogen) atoms. The number of hydrogen-bond acceptors (Lipinski definition) is 1. The Kier molecular flexibility index (Phi) is 2.66. The maximum atomic E-state index is 13.2. The first kappa shape index (κ1) is 9.71. The summed E-state index contributed by atoms with van der Waals surface area (Å²) in [6.45, 7) is 3.81. The fourth-order valence-electron chi connectivity index (χ4n) is 1.15. The van der Waals surface area contributed by atoms with Crippen LogP contribution in [-0.4, -0.2) is 5.84 Å². The monoisotopic (exact) mass is 180 g/mol. The number of nitrogens with one attached hydrogen (secondary N) is 1. The van der Waals surface area contributed by atoms with Crippen molar-refractivity contribution in [2.24, 2.45) is 5.73 Å². The van der Waals surface area contributed by atoms with E-state index in [4.69, 9.17) is 11.1 Å². The molecule has 0 unspecified atom stereocenters. The zero-order chi connectivity index (χ0) is 10.0. The summed E-state index contributed by atoms with van der Waals surface area (Å²) in [6.07, 6.45) is 0. The zero-order valence-corrected chi connectivity index (χ0v) is 7.76. The van der Waals surface area contributed by atoms with Crippen molar-refractivity contribution >= 4 is 5.84 Å². The van der Waals surface area contributed by atoms with Gasteiger partial charge in [-0.05, 0) is 29.7 Å². The van der Waals surface area contributed by atoms with Crippen LogP contribution in [-0.2, 0) is 0 Å². The Morgan fingerprint density at radius 1 is 1.46 bits per heavy atom. The van der Waals surface area contributed by atoms with Gasteiger partial charge in [0.05, 0.1) is 0 Å². The van der Waals surface area contributed by atoms with Crippen LogP contribution < -0.4 is 5.73 Å². The van der Waals surface area contributed by atoms with Crippen molar-refractivity contribution in [3.8, 4) is 0 Å². The lowest BCUT2D eigenvalue weighted by atomic mass is 10.00. The standard InChI is InChI=1S/C10H13FN2/c1-6(2)8-5-7(10(12)13)3-4-9(8)11/h3-6H,1-2H3,(H3,12,13). The third-order valence-corrected chi connectivity index (χ3v) is 1.93. The Bertz CT molecular complexity index is 332. The smallest absolute Gasteiger partial charge is 0.126 e. The topological polar surface area (TPSA) is 49.9 Å². The predicted octanol–water partition coefficient (Wildman–Crippen LogP) is 2.23. The van der Waals surface area contributed by atoms with E-state index < -0.39 is 0 Å². The molecule has 0 amide bonds. The molecule has 0 saturated heterocycles. The molecule has 0 aliphatic heterocycles. The van der Waals surface area contributed by atoms with Gasteiger partial charge in [0.15, 0.2) is 0 Å². The van der Waals surface area contributed by atoms with Gasteiger partial charge in [-0.25, -0.2) is 4.39 Å². The number of amidine groups is 1. The largest absolute Gasteiger partial charge is 0.384 e. The highest BCUT2D eigenvalue weighted by Crippen LogP contribution is 2.19. The molecule has 0 radical (unpaired) electrons. The Morgan fingerprint density at radius 2 is 2.08 bits per heavy atom. The quantitative estimate of drug-likeness (QED) is 0.532. The molecule has 2 nitrogen and oxygen atoms in total. The van der Waals surface area contributed by atoms with E-state index in [-0.39, 0.29) is 17.6 Å². The number of halogens is 1. The predicted molar refractivity (Wildman–Crippen MR) is 51.5 cm³/mol. The van der Waals surface area contributed by atoms with Crippen molar-refractivity contribution in [2.75, 3.05) is 0 Å². The van der Waals surface area contributed by atoms with Gasteiger partial charge in [0.2, 0.25) is 0 Å². The average Bonchev–Trinajstić information content (AvgIpc) is 2.04. The van der Waals surface area contributed by atoms with E-state index in [0.717, 1.165) is 0 Å². The first-order valence-electron chi connectivity index (χ1n) is 4.16. The molecular weight excluding hydrogens is 167 g/mol. The van der Waals surface area contributed by atoms with Crippen LogP contribution in [0.4, 0.5) is 4.39 Å². The molecule has 70 valence electrons. The summed E-state index contributed by atoms with van der Waals surface area (Å²) in [5, 5.41) is 7.20. The summed E-state index contributed by atoms with van der Waals surface area (Å²) in [5.41, 5.74) is 6.47. The minimum Gasteiger partial charge on any atom is -0.384 e. The SMILES string of the molecule is CC(C)c1cc(C(=N)N)ccc1F. The number of rotatable bonds is 2. The second-order valence-electron chi connectivity index (χ2n) is 3.30. The Morgan fingerprint density at radius 3 is 2.54 bits per heavy atom. The molecule has 1 aromatic rings. The molecule has 0 heterocycles. The summed E-state index contributed by atoms with van der Waals surface area (Å²) in [6, 6.07) is 4.50. The van der Waals surface area contributed by atoms with Crippen LogP contribution in [0, 0.1) is 11.2 Å². The van der Waals surface area contributed by atoms with Crippen LogP contribution >= 0.6 is 0 Å². The van der Waals surface area contributed by atoms with E-state index in [0.29, 0.717) is 11.1 Å². The minimum absolute atomic E-state index is 0.0260. The van der Waals surface area contributed by atoms with Gasteiger partial charge in [-0.3, -0.25) is 5.41 Å². The highest BCUT2D eigenvalue weighted by atomic mass is 19.1. The summed E-state index contributed by atoms with van der Waals surface area (Å²) < 4.78 is 13.2. The van der Waals surface area contributed by atoms with Crippen molar-refractivity contribution in [1.29, 1.82) is 5.41 Å². The lowest BCUT2D eigenvalue weighted by Gasteiger charge is -2.08. The van der Waals surface area contributed by atoms with Gasteiger partial charge in [-0.1, -0.05) is 13.8 Å². The summed E-state index contributed by atoms with van der Waals surface area (Å²) >= 11 is 0. The highest BCUT2D eigenvalue weighted by Gasteiger charge is 2.08. The number of benzene rings is 1. The highest BCUT2D eigenvalue weighted by molar-refractivity contribution is 5.95. The fourth-order valence-corrected chi connectivity index (χ4v) is 1.15. The minimum atomic E-state index is -0.236. The number of nitrogen functional groups attached to an aromatic ring is 1. The van der Waals surface area contributed by atoms with Crippen LogP contribution in [0.2, 0.25) is 0 Å². The van der Waals surface area contributed by atoms with Crippen molar-refractivity contribution in [3.05, 3.63) is 35.1 Å². The number of hydrogen-bond donors (Lipinski definition) is 2. The normalized spacial score (nSPS) is 10.5. The molecule has 1 aromatic carbocycles. The van der Waals surface area contributed by atoms with E-state index in [1.807, 2.05) is 13.8 Å². The molecule has 1 rings (SSSR count). The van der Waals surface area contributed by atoms with Crippen LogP contribution in [0.15, 0.2) is 18.2 Å². The van der Waals surface area contributed by atoms with Crippen LogP contribution in [0.1, 0.15) is 30.9 Å². The molecule has 3 N–H and O–H groups in total. The summed E-state index contributed by atoms with van der Waals surface area (Å²) in [5.74, 6) is -0.152. The number of nitrogens with two attached hydrogens (primary N) is 1. The fraction of sp³-hybridized carbons (Fsp3) is 0.300. The maximum absolute atomic E-state index is 13.2. The van der Waals surface area contributed by atoms with Crippen LogP contribution in [0.3, 0.4) is 0 Å². The van der Waals surface area contributed by atoms with E-state index in [1.165, 1.54) is 12.1 Å². The van der Waals surface area contributed by atoms with Gasteiger partial charge < -0.3 is 5.73 Å². The second-order valence-corrected chi connectivity index (χ2v) is 3.30. The van der Waals surface area contributed by atoms with Crippen LogP contribution in [0.5, 0.6) is 0 Å². The van der Waals surface area contributed by atoms with Crippen molar-refractivity contribution in [3.63, 3.8) is 0 Å². The van der Waals surface area contributed by atoms with Gasteiger partial charge in [-0.2, -0.15) is 0 Å². The van der Waals surface area contributed by atoms with Crippen molar-refractivity contribution in [1.82, 2.24) is 0 Å². The molecule has 0 aliphatic rings. The van der Waals surface area contributed by atoms with Gasteiger partial charge in [0.1, 0.15) is 11.7 Å². The molecule has 0 aromatic heterocycles. The second kappa shape index (κ2) is 3.56. The zero-order valence-electron chi connectivity index (χ0n) is 7.76. The lowest BCUT2D eigenvalue weighted by molar-refractivity contribution is 0.598. The first-order valence-corrected chi connectivity index (χ1v) is 4.16. The van der Waals surface area contributed by atoms with E-state index >= 15 is 0 Å². The Labute approximate surface area is 77.1 Å². The Balaban J connectivity index is 3.19. The lowest BCUT2D eigenvalue weighted by Crippen LogP contribution is -2.11. The maximum Gasteiger partial charge on any atom is 0.126 e. The third kappa shape index (κ3) is 2.05. The van der Waals surface area contributed by atoms with Gasteiger partial charge in [0.25, 0.3) is 0 Å². The first-order chi connectivity index (χ1) is 6.02. The molecule has 3 heteroatoms. The van der Waals surface area contributed by atoms with Crippen molar-refractivity contribution in [2.45, 2.75) is 19.8 Å². The van der Waals surface area contributed by atoms with E-state index in [2.05, 4.69) is 0 Å². The molecule has 0 atom stereocenters. The third-order valence-electron chi connectivity index (χ3n) is 1.93.